The Morgan fingerprint density at radius 1 is 1.12 bits per heavy atom. The Balaban J connectivity index is 1.67. The third-order valence-corrected chi connectivity index (χ3v) is 3.87. The van der Waals surface area contributed by atoms with Crippen LogP contribution in [0.4, 0.5) is 0 Å². The third-order valence-electron chi connectivity index (χ3n) is 3.87. The molecule has 4 nitrogen and oxygen atoms in total. The van der Waals surface area contributed by atoms with Crippen LogP contribution in [0.15, 0.2) is 59.2 Å². The van der Waals surface area contributed by atoms with Crippen LogP contribution in [0, 0.1) is 6.92 Å². The second-order valence-electron chi connectivity index (χ2n) is 5.92. The van der Waals surface area contributed by atoms with E-state index in [1.54, 1.807) is 6.08 Å². The fourth-order valence-corrected chi connectivity index (χ4v) is 2.66. The maximum atomic E-state index is 12.0. The summed E-state index contributed by atoms with van der Waals surface area (Å²) in [6, 6.07) is 15.8. The Hall–Kier alpha value is -2.88. The average Bonchev–Trinajstić information content (AvgIpc) is 2.95. The van der Waals surface area contributed by atoms with E-state index in [1.807, 2.05) is 37.3 Å². The summed E-state index contributed by atoms with van der Waals surface area (Å²) >= 11 is 0. The van der Waals surface area contributed by atoms with Crippen LogP contribution in [0.1, 0.15) is 30.0 Å². The first-order chi connectivity index (χ1) is 12.1. The summed E-state index contributed by atoms with van der Waals surface area (Å²) in [5, 5.41) is 0. The van der Waals surface area contributed by atoms with Gasteiger partial charge in [-0.3, -0.25) is 0 Å². The Morgan fingerprint density at radius 3 is 2.64 bits per heavy atom. The van der Waals surface area contributed by atoms with Crippen molar-refractivity contribution in [1.29, 1.82) is 0 Å². The van der Waals surface area contributed by atoms with Gasteiger partial charge in [0.05, 0.1) is 6.61 Å². The second-order valence-corrected chi connectivity index (χ2v) is 5.92. The number of cyclic esters (lactones) is 1. The molecule has 0 saturated heterocycles. The molecule has 25 heavy (non-hydrogen) atoms. The third kappa shape index (κ3) is 4.57. The molecule has 0 amide bonds. The summed E-state index contributed by atoms with van der Waals surface area (Å²) in [6.45, 7) is 4.63. The molecule has 0 unspecified atom stereocenters. The highest BCUT2D eigenvalue weighted by atomic mass is 16.6. The van der Waals surface area contributed by atoms with Gasteiger partial charge in [-0.25, -0.2) is 9.79 Å². The van der Waals surface area contributed by atoms with Crippen molar-refractivity contribution in [3.05, 3.63) is 70.9 Å². The molecule has 0 aromatic heterocycles. The maximum Gasteiger partial charge on any atom is 0.363 e. The lowest BCUT2D eigenvalue weighted by atomic mass is 10.1. The van der Waals surface area contributed by atoms with E-state index in [2.05, 4.69) is 30.1 Å². The van der Waals surface area contributed by atoms with Gasteiger partial charge in [-0.1, -0.05) is 42.0 Å². The van der Waals surface area contributed by atoms with Gasteiger partial charge >= 0.3 is 5.97 Å². The van der Waals surface area contributed by atoms with Crippen molar-refractivity contribution in [2.24, 2.45) is 4.99 Å². The number of ether oxygens (including phenoxy) is 2. The van der Waals surface area contributed by atoms with Gasteiger partial charge in [0.25, 0.3) is 0 Å². The van der Waals surface area contributed by atoms with Crippen molar-refractivity contribution in [2.75, 3.05) is 6.61 Å². The average molecular weight is 335 g/mol. The number of carbonyl (C=O) groups excluding carboxylic acids is 1. The Morgan fingerprint density at radius 2 is 1.92 bits per heavy atom. The summed E-state index contributed by atoms with van der Waals surface area (Å²) in [4.78, 5) is 16.3. The summed E-state index contributed by atoms with van der Waals surface area (Å²) in [7, 11) is 0. The SMILES string of the molecule is CCOc1ccc(/C=C2/N=C(CCc3cccc(C)c3)OC2=O)cc1. The van der Waals surface area contributed by atoms with Crippen molar-refractivity contribution >= 4 is 17.9 Å². The number of nitrogens with zero attached hydrogens (tertiary/aromatic N) is 1. The van der Waals surface area contributed by atoms with Gasteiger partial charge in [0.1, 0.15) is 5.75 Å². The molecule has 0 radical (unpaired) electrons. The van der Waals surface area contributed by atoms with Gasteiger partial charge in [-0.15, -0.1) is 0 Å². The number of esters is 1. The molecule has 4 heteroatoms. The highest BCUT2D eigenvalue weighted by Crippen LogP contribution is 2.20. The minimum atomic E-state index is -0.395. The topological polar surface area (TPSA) is 47.9 Å². The highest BCUT2D eigenvalue weighted by Gasteiger charge is 2.22. The number of aliphatic imine (C=N–C) groups is 1. The number of rotatable bonds is 6. The standard InChI is InChI=1S/C21H21NO3/c1-3-24-18-10-7-17(8-11-18)14-19-21(23)25-20(22-19)12-9-16-6-4-5-15(2)13-16/h4-8,10-11,13-14H,3,9,12H2,1-2H3/b19-14+. The number of benzene rings is 2. The van der Waals surface area contributed by atoms with E-state index < -0.39 is 5.97 Å². The molecule has 0 atom stereocenters. The van der Waals surface area contributed by atoms with Crippen molar-refractivity contribution in [1.82, 2.24) is 0 Å². The number of hydrogen-bond acceptors (Lipinski definition) is 4. The van der Waals surface area contributed by atoms with E-state index in [-0.39, 0.29) is 0 Å². The predicted octanol–water partition coefficient (Wildman–Crippen LogP) is 4.32. The number of hydrogen-bond donors (Lipinski definition) is 0. The molecule has 0 saturated carbocycles. The molecule has 0 spiro atoms. The van der Waals surface area contributed by atoms with Gasteiger partial charge in [-0.05, 0) is 49.6 Å². The lowest BCUT2D eigenvalue weighted by molar-refractivity contribution is -0.130. The molecule has 1 heterocycles. The van der Waals surface area contributed by atoms with Crippen LogP contribution >= 0.6 is 0 Å². The minimum absolute atomic E-state index is 0.336. The first kappa shape index (κ1) is 17.0. The fourth-order valence-electron chi connectivity index (χ4n) is 2.66. The number of aryl methyl sites for hydroxylation is 2. The highest BCUT2D eigenvalue weighted by molar-refractivity contribution is 6.07. The van der Waals surface area contributed by atoms with Crippen LogP contribution in [0.5, 0.6) is 5.75 Å². The van der Waals surface area contributed by atoms with Crippen molar-refractivity contribution in [3.8, 4) is 5.75 Å². The first-order valence-electron chi connectivity index (χ1n) is 8.44. The van der Waals surface area contributed by atoms with E-state index in [1.165, 1.54) is 11.1 Å². The first-order valence-corrected chi connectivity index (χ1v) is 8.44. The van der Waals surface area contributed by atoms with Gasteiger partial charge < -0.3 is 9.47 Å². The molecule has 0 bridgehead atoms. The molecule has 2 aromatic rings. The molecule has 1 aliphatic rings. The van der Waals surface area contributed by atoms with E-state index in [9.17, 15) is 4.79 Å². The van der Waals surface area contributed by atoms with Gasteiger partial charge in [0, 0.05) is 6.42 Å². The lowest BCUT2D eigenvalue weighted by Gasteiger charge is -2.02. The zero-order valence-corrected chi connectivity index (χ0v) is 14.5. The molecule has 0 fully saturated rings. The van der Waals surface area contributed by atoms with E-state index in [0.717, 1.165) is 17.7 Å². The Kier molecular flexibility index (Phi) is 5.29. The molecule has 128 valence electrons. The molecular formula is C21H21NO3. The van der Waals surface area contributed by atoms with Crippen LogP contribution in [-0.2, 0) is 16.0 Å². The normalized spacial score (nSPS) is 15.2. The van der Waals surface area contributed by atoms with Crippen LogP contribution in [0.2, 0.25) is 0 Å². The van der Waals surface area contributed by atoms with Crippen LogP contribution in [0.25, 0.3) is 6.08 Å². The second kappa shape index (κ2) is 7.79. The lowest BCUT2D eigenvalue weighted by Crippen LogP contribution is -2.05. The number of carbonyl (C=O) groups is 1. The summed E-state index contributed by atoms with van der Waals surface area (Å²) < 4.78 is 10.7. The zero-order valence-electron chi connectivity index (χ0n) is 14.5. The molecule has 1 aliphatic heterocycles. The van der Waals surface area contributed by atoms with Crippen molar-refractivity contribution in [2.45, 2.75) is 26.7 Å². The molecular weight excluding hydrogens is 314 g/mol. The fraction of sp³-hybridized carbons (Fsp3) is 0.238. The van der Waals surface area contributed by atoms with E-state index in [0.29, 0.717) is 24.6 Å². The monoisotopic (exact) mass is 335 g/mol. The minimum Gasteiger partial charge on any atom is -0.494 e. The smallest absolute Gasteiger partial charge is 0.363 e. The summed E-state index contributed by atoms with van der Waals surface area (Å²) in [5.41, 5.74) is 3.66. The maximum absolute atomic E-state index is 12.0. The van der Waals surface area contributed by atoms with Crippen molar-refractivity contribution in [3.63, 3.8) is 0 Å². The van der Waals surface area contributed by atoms with Gasteiger partial charge in [-0.2, -0.15) is 0 Å². The molecule has 0 aliphatic carbocycles. The Bertz CT molecular complexity index is 819. The van der Waals surface area contributed by atoms with E-state index >= 15 is 0 Å². The van der Waals surface area contributed by atoms with Crippen LogP contribution in [-0.4, -0.2) is 18.5 Å². The molecule has 3 rings (SSSR count). The van der Waals surface area contributed by atoms with Crippen molar-refractivity contribution < 1.29 is 14.3 Å². The van der Waals surface area contributed by atoms with Gasteiger partial charge in [0.2, 0.25) is 0 Å². The zero-order chi connectivity index (χ0) is 17.6. The quantitative estimate of drug-likeness (QED) is 0.583. The van der Waals surface area contributed by atoms with Crippen LogP contribution in [0.3, 0.4) is 0 Å². The predicted molar refractivity (Wildman–Crippen MR) is 98.6 cm³/mol. The summed E-state index contributed by atoms with van der Waals surface area (Å²) in [5.74, 6) is 0.887. The molecule has 0 N–H and O–H groups in total. The van der Waals surface area contributed by atoms with Crippen LogP contribution < -0.4 is 4.74 Å². The largest absolute Gasteiger partial charge is 0.494 e. The van der Waals surface area contributed by atoms with Gasteiger partial charge in [0.15, 0.2) is 11.6 Å². The summed E-state index contributed by atoms with van der Waals surface area (Å²) in [6.07, 6.45) is 3.14. The molecule has 2 aromatic carbocycles. The Labute approximate surface area is 147 Å². The van der Waals surface area contributed by atoms with E-state index in [4.69, 9.17) is 9.47 Å².